The van der Waals surface area contributed by atoms with Crippen molar-refractivity contribution in [3.8, 4) is 0 Å². The van der Waals surface area contributed by atoms with E-state index in [1.165, 1.54) is 0 Å². The molecule has 0 spiro atoms. The lowest BCUT2D eigenvalue weighted by Crippen LogP contribution is -2.04. The molecule has 0 fully saturated rings. The summed E-state index contributed by atoms with van der Waals surface area (Å²) in [6.07, 6.45) is 2.05. The molecule has 1 heterocycles. The third kappa shape index (κ3) is 2.86. The highest BCUT2D eigenvalue weighted by molar-refractivity contribution is 6.42. The predicted octanol–water partition coefficient (Wildman–Crippen LogP) is 2.50. The Balaban J connectivity index is 2.37. The van der Waals surface area contributed by atoms with E-state index in [1.807, 2.05) is 0 Å². The van der Waals surface area contributed by atoms with E-state index in [-0.39, 0.29) is 11.5 Å². The average Bonchev–Trinajstić information content (AvgIpc) is 2.72. The van der Waals surface area contributed by atoms with E-state index in [0.717, 1.165) is 12.4 Å². The third-order valence-electron chi connectivity index (χ3n) is 2.26. The molecule has 1 aromatic heterocycles. The number of H-pyrrole nitrogens is 1. The normalized spacial score (nSPS) is 12.4. The molecule has 0 saturated heterocycles. The van der Waals surface area contributed by atoms with E-state index >= 15 is 0 Å². The molecule has 0 saturated carbocycles. The number of benzene rings is 1. The number of aromatic nitrogens is 2. The number of hydrogen-bond donors (Lipinski definition) is 3. The average molecular weight is 299 g/mol. The van der Waals surface area contributed by atoms with Gasteiger partial charge in [0.1, 0.15) is 0 Å². The number of halogens is 2. The number of aliphatic carboxylic acids is 1. The SMILES string of the molecule is NC=C(C=Nc1nc2cc(Cl)c(Cl)cc2[nH]1)C(=O)O. The Morgan fingerprint density at radius 2 is 2.11 bits per heavy atom. The number of aromatic amines is 1. The van der Waals surface area contributed by atoms with Crippen LogP contribution in [0.25, 0.3) is 11.0 Å². The summed E-state index contributed by atoms with van der Waals surface area (Å²) >= 11 is 11.7. The minimum atomic E-state index is -1.17. The summed E-state index contributed by atoms with van der Waals surface area (Å²) in [6, 6.07) is 3.20. The van der Waals surface area contributed by atoms with Crippen LogP contribution in [0, 0.1) is 0 Å². The van der Waals surface area contributed by atoms with Crippen molar-refractivity contribution < 1.29 is 9.90 Å². The van der Waals surface area contributed by atoms with Gasteiger partial charge < -0.3 is 15.8 Å². The number of carboxylic acids is 1. The Labute approximate surface area is 117 Å². The number of nitrogens with zero attached hydrogens (tertiary/aromatic N) is 2. The first-order chi connectivity index (χ1) is 9.01. The quantitative estimate of drug-likeness (QED) is 0.598. The van der Waals surface area contributed by atoms with Gasteiger partial charge in [0, 0.05) is 12.4 Å². The zero-order chi connectivity index (χ0) is 14.0. The summed E-state index contributed by atoms with van der Waals surface area (Å²) in [5.74, 6) is -0.942. The van der Waals surface area contributed by atoms with Gasteiger partial charge >= 0.3 is 5.97 Å². The molecule has 0 aliphatic heterocycles. The first kappa shape index (κ1) is 13.4. The Bertz CT molecular complexity index is 667. The van der Waals surface area contributed by atoms with Crippen molar-refractivity contribution >= 4 is 52.4 Å². The predicted molar refractivity (Wildman–Crippen MR) is 74.2 cm³/mol. The summed E-state index contributed by atoms with van der Waals surface area (Å²) < 4.78 is 0. The van der Waals surface area contributed by atoms with Gasteiger partial charge in [0.25, 0.3) is 0 Å². The summed E-state index contributed by atoms with van der Waals surface area (Å²) in [5.41, 5.74) is 6.24. The molecule has 0 aliphatic rings. The third-order valence-corrected chi connectivity index (χ3v) is 2.99. The van der Waals surface area contributed by atoms with E-state index < -0.39 is 5.97 Å². The van der Waals surface area contributed by atoms with E-state index in [0.29, 0.717) is 21.1 Å². The van der Waals surface area contributed by atoms with Gasteiger partial charge in [-0.05, 0) is 12.1 Å². The topological polar surface area (TPSA) is 104 Å². The number of imidazole rings is 1. The maximum Gasteiger partial charge on any atom is 0.338 e. The Morgan fingerprint density at radius 3 is 2.74 bits per heavy atom. The molecule has 0 unspecified atom stereocenters. The number of hydrogen-bond acceptors (Lipinski definition) is 4. The van der Waals surface area contributed by atoms with Gasteiger partial charge in [-0.15, -0.1) is 0 Å². The van der Waals surface area contributed by atoms with Crippen molar-refractivity contribution in [3.63, 3.8) is 0 Å². The molecule has 4 N–H and O–H groups in total. The van der Waals surface area contributed by atoms with Crippen LogP contribution in [0.4, 0.5) is 5.95 Å². The summed E-state index contributed by atoms with van der Waals surface area (Å²) in [5, 5.41) is 9.53. The number of carboxylic acid groups (broad SMARTS) is 1. The van der Waals surface area contributed by atoms with Crippen molar-refractivity contribution in [2.45, 2.75) is 0 Å². The lowest BCUT2D eigenvalue weighted by atomic mass is 10.3. The first-order valence-corrected chi connectivity index (χ1v) is 5.81. The minimum absolute atomic E-state index is 0.142. The monoisotopic (exact) mass is 298 g/mol. The second-order valence-corrected chi connectivity index (χ2v) is 4.34. The van der Waals surface area contributed by atoms with Gasteiger partial charge in [0.2, 0.25) is 5.95 Å². The number of aliphatic imine (C=N–C) groups is 1. The zero-order valence-corrected chi connectivity index (χ0v) is 10.9. The van der Waals surface area contributed by atoms with Crippen LogP contribution < -0.4 is 5.73 Å². The van der Waals surface area contributed by atoms with Crippen molar-refractivity contribution in [2.24, 2.45) is 10.7 Å². The first-order valence-electron chi connectivity index (χ1n) is 5.05. The highest BCUT2D eigenvalue weighted by Crippen LogP contribution is 2.27. The van der Waals surface area contributed by atoms with E-state index in [1.54, 1.807) is 12.1 Å². The van der Waals surface area contributed by atoms with Crippen LogP contribution in [0.2, 0.25) is 10.0 Å². The number of nitrogens with two attached hydrogens (primary N) is 1. The fraction of sp³-hybridized carbons (Fsp3) is 0. The molecule has 6 nitrogen and oxygen atoms in total. The van der Waals surface area contributed by atoms with Crippen LogP contribution in [0.3, 0.4) is 0 Å². The van der Waals surface area contributed by atoms with Gasteiger partial charge in [0.15, 0.2) is 0 Å². The van der Waals surface area contributed by atoms with Gasteiger partial charge in [-0.1, -0.05) is 23.2 Å². The largest absolute Gasteiger partial charge is 0.478 e. The fourth-order valence-electron chi connectivity index (χ4n) is 1.35. The number of rotatable bonds is 3. The van der Waals surface area contributed by atoms with Crippen molar-refractivity contribution in [2.75, 3.05) is 0 Å². The number of fused-ring (bicyclic) bond motifs is 1. The zero-order valence-electron chi connectivity index (χ0n) is 9.39. The smallest absolute Gasteiger partial charge is 0.338 e. The maximum atomic E-state index is 10.7. The van der Waals surface area contributed by atoms with E-state index in [4.69, 9.17) is 34.0 Å². The van der Waals surface area contributed by atoms with E-state index in [2.05, 4.69) is 15.0 Å². The molecule has 2 aromatic rings. The molecular weight excluding hydrogens is 291 g/mol. The lowest BCUT2D eigenvalue weighted by Gasteiger charge is -1.92. The van der Waals surface area contributed by atoms with Gasteiger partial charge in [-0.3, -0.25) is 0 Å². The molecule has 8 heteroatoms. The summed E-state index contributed by atoms with van der Waals surface area (Å²) in [6.45, 7) is 0. The Hall–Kier alpha value is -2.05. The Morgan fingerprint density at radius 1 is 1.42 bits per heavy atom. The molecule has 98 valence electrons. The van der Waals surface area contributed by atoms with Crippen molar-refractivity contribution in [1.82, 2.24) is 9.97 Å². The highest BCUT2D eigenvalue weighted by Gasteiger charge is 2.07. The van der Waals surface area contributed by atoms with Crippen LogP contribution in [-0.4, -0.2) is 27.3 Å². The van der Waals surface area contributed by atoms with Crippen LogP contribution in [0.5, 0.6) is 0 Å². The molecule has 1 aromatic carbocycles. The Kier molecular flexibility index (Phi) is 3.73. The molecule has 0 aliphatic carbocycles. The molecule has 0 bridgehead atoms. The molecule has 0 radical (unpaired) electrons. The number of nitrogens with one attached hydrogen (secondary N) is 1. The van der Waals surface area contributed by atoms with Crippen LogP contribution in [0.15, 0.2) is 28.9 Å². The van der Waals surface area contributed by atoms with Gasteiger partial charge in [0.05, 0.1) is 26.7 Å². The fourth-order valence-corrected chi connectivity index (χ4v) is 1.67. The van der Waals surface area contributed by atoms with Crippen molar-refractivity contribution in [3.05, 3.63) is 34.0 Å². The maximum absolute atomic E-state index is 10.7. The lowest BCUT2D eigenvalue weighted by molar-refractivity contribution is -0.132. The second kappa shape index (κ2) is 5.29. The molecule has 19 heavy (non-hydrogen) atoms. The van der Waals surface area contributed by atoms with Crippen LogP contribution in [-0.2, 0) is 4.79 Å². The minimum Gasteiger partial charge on any atom is -0.478 e. The van der Waals surface area contributed by atoms with Gasteiger partial charge in [-0.2, -0.15) is 0 Å². The second-order valence-electron chi connectivity index (χ2n) is 3.53. The molecular formula is C11H8Cl2N4O2. The van der Waals surface area contributed by atoms with Gasteiger partial charge in [-0.25, -0.2) is 14.8 Å². The summed E-state index contributed by atoms with van der Waals surface area (Å²) in [4.78, 5) is 21.6. The molecule has 0 amide bonds. The molecule has 0 atom stereocenters. The standard InChI is InChI=1S/C11H8Cl2N4O2/c12-6-1-8-9(2-7(6)13)17-11(16-8)15-4-5(3-14)10(18)19/h1-4H,14H2,(H,16,17)(H,18,19). The molecule has 2 rings (SSSR count). The van der Waals surface area contributed by atoms with Crippen LogP contribution >= 0.6 is 23.2 Å². The number of carbonyl (C=O) groups is 1. The van der Waals surface area contributed by atoms with Crippen LogP contribution in [0.1, 0.15) is 0 Å². The highest BCUT2D eigenvalue weighted by atomic mass is 35.5. The summed E-state index contributed by atoms with van der Waals surface area (Å²) in [7, 11) is 0. The van der Waals surface area contributed by atoms with E-state index in [9.17, 15) is 4.79 Å². The van der Waals surface area contributed by atoms with Crippen molar-refractivity contribution in [1.29, 1.82) is 0 Å².